The first kappa shape index (κ1) is 39.5. The van der Waals surface area contributed by atoms with Crippen LogP contribution in [0.1, 0.15) is 38.8 Å². The van der Waals surface area contributed by atoms with Gasteiger partial charge in [-0.15, -0.1) is 10.2 Å². The number of benzene rings is 4. The smallest absolute Gasteiger partial charge is 0.419 e. The molecule has 4 radical (unpaired) electrons. The molecule has 0 aliphatic heterocycles. The Balaban J connectivity index is 0.00000549. The van der Waals surface area contributed by atoms with Crippen molar-refractivity contribution >= 4 is 11.9 Å². The SMILES string of the molecule is CCNC(=O)c1cc(-c2cn(-c3cccc(-c4cccc(C(F)(F)F)c4)c3)nn2)nc(-c2cn(-c3c(-c4ccccc4)ccc(C(=O)O)c3C(F)(F)F)nn2)c1.[C]. The van der Waals surface area contributed by atoms with E-state index in [9.17, 15) is 41.0 Å². The van der Waals surface area contributed by atoms with Crippen LogP contribution in [0.5, 0.6) is 0 Å². The van der Waals surface area contributed by atoms with E-state index in [-0.39, 0.29) is 47.9 Å². The van der Waals surface area contributed by atoms with Crippen molar-refractivity contribution in [3.63, 3.8) is 0 Å². The molecule has 0 saturated carbocycles. The van der Waals surface area contributed by atoms with Crippen LogP contribution in [0.4, 0.5) is 26.3 Å². The first-order chi connectivity index (χ1) is 26.7. The molecule has 0 saturated heterocycles. The Kier molecular flexibility index (Phi) is 10.8. The average Bonchev–Trinajstić information content (AvgIpc) is 3.89. The van der Waals surface area contributed by atoms with Crippen molar-refractivity contribution in [2.75, 3.05) is 6.54 Å². The monoisotopic (exact) mass is 780 g/mol. The highest BCUT2D eigenvalue weighted by Gasteiger charge is 2.40. The normalized spacial score (nSPS) is 11.6. The van der Waals surface area contributed by atoms with E-state index in [0.29, 0.717) is 22.4 Å². The number of carbonyl (C=O) groups is 2. The molecule has 0 aliphatic carbocycles. The van der Waals surface area contributed by atoms with Gasteiger partial charge in [-0.2, -0.15) is 26.3 Å². The second-order valence-electron chi connectivity index (χ2n) is 12.3. The predicted octanol–water partition coefficient (Wildman–Crippen LogP) is 8.48. The van der Waals surface area contributed by atoms with Crippen LogP contribution in [0.2, 0.25) is 0 Å². The zero-order chi connectivity index (χ0) is 39.8. The standard InChI is InChI=1S/C39H26F6N8O3.C/c1-2-46-36(54)25-18-30(32-20-52(50-48-32)27-13-7-11-24(17-27)23-10-6-12-26(16-23)38(40,41)42)47-31(19-25)33-21-53(51-49-33)35-28(22-8-4-3-5-9-22)14-15-29(37(55)56)34(35)39(43,44)45;/h3-21H,2H2,1H3,(H,46,54)(H,55,56);. The number of aromatic carboxylic acids is 1. The number of hydrogen-bond donors (Lipinski definition) is 2. The van der Waals surface area contributed by atoms with Gasteiger partial charge in [0.2, 0.25) is 0 Å². The minimum atomic E-state index is -5.12. The van der Waals surface area contributed by atoms with Gasteiger partial charge in [-0.05, 0) is 66.1 Å². The number of nitrogens with zero attached hydrogens (tertiary/aromatic N) is 7. The van der Waals surface area contributed by atoms with E-state index >= 15 is 0 Å². The second-order valence-corrected chi connectivity index (χ2v) is 12.3. The number of pyridine rings is 1. The fraction of sp³-hybridized carbons (Fsp3) is 0.100. The van der Waals surface area contributed by atoms with Crippen molar-refractivity contribution in [2.24, 2.45) is 0 Å². The summed E-state index contributed by atoms with van der Waals surface area (Å²) in [6.07, 6.45) is -7.02. The molecule has 3 aromatic heterocycles. The maximum atomic E-state index is 14.7. The van der Waals surface area contributed by atoms with E-state index in [1.54, 1.807) is 67.6 Å². The van der Waals surface area contributed by atoms with Gasteiger partial charge < -0.3 is 10.4 Å². The number of amides is 1. The fourth-order valence-corrected chi connectivity index (χ4v) is 6.03. The first-order valence-electron chi connectivity index (χ1n) is 16.7. The summed E-state index contributed by atoms with van der Waals surface area (Å²) in [5, 5.41) is 28.8. The molecule has 0 spiro atoms. The maximum absolute atomic E-state index is 14.7. The van der Waals surface area contributed by atoms with Crippen LogP contribution < -0.4 is 5.32 Å². The second kappa shape index (κ2) is 15.5. The molecule has 4 aromatic carbocycles. The zero-order valence-electron chi connectivity index (χ0n) is 29.3. The van der Waals surface area contributed by atoms with Gasteiger partial charge >= 0.3 is 18.3 Å². The van der Waals surface area contributed by atoms with Crippen LogP contribution in [-0.2, 0) is 12.4 Å². The van der Waals surface area contributed by atoms with Crippen LogP contribution in [0.25, 0.3) is 56.4 Å². The third kappa shape index (κ3) is 8.12. The van der Waals surface area contributed by atoms with E-state index in [1.807, 2.05) is 0 Å². The van der Waals surface area contributed by atoms with Crippen molar-refractivity contribution in [1.29, 1.82) is 0 Å². The maximum Gasteiger partial charge on any atom is 0.419 e. The van der Waals surface area contributed by atoms with Gasteiger partial charge in [0.15, 0.2) is 0 Å². The zero-order valence-corrected chi connectivity index (χ0v) is 29.3. The Bertz CT molecular complexity index is 2600. The van der Waals surface area contributed by atoms with Gasteiger partial charge in [-0.3, -0.25) is 4.79 Å². The lowest BCUT2D eigenvalue weighted by molar-refractivity contribution is -0.138. The molecule has 1 amide bonds. The van der Waals surface area contributed by atoms with Crippen LogP contribution in [0.15, 0.2) is 116 Å². The van der Waals surface area contributed by atoms with Crippen molar-refractivity contribution in [3.05, 3.63) is 145 Å². The number of nitrogens with one attached hydrogen (secondary N) is 1. The Labute approximate surface area is 320 Å². The molecule has 57 heavy (non-hydrogen) atoms. The topological polar surface area (TPSA) is 141 Å². The molecule has 0 aliphatic rings. The highest BCUT2D eigenvalue weighted by atomic mass is 19.4. The van der Waals surface area contributed by atoms with E-state index in [4.69, 9.17) is 0 Å². The number of alkyl halides is 6. The molecule has 7 aromatic rings. The summed E-state index contributed by atoms with van der Waals surface area (Å²) in [7, 11) is 0. The summed E-state index contributed by atoms with van der Waals surface area (Å²) >= 11 is 0. The Morgan fingerprint density at radius 1 is 0.684 bits per heavy atom. The van der Waals surface area contributed by atoms with Gasteiger partial charge in [0.05, 0.1) is 51.8 Å². The lowest BCUT2D eigenvalue weighted by Gasteiger charge is -2.19. The fourth-order valence-electron chi connectivity index (χ4n) is 6.03. The van der Waals surface area contributed by atoms with Gasteiger partial charge in [0.25, 0.3) is 5.91 Å². The molecule has 2 N–H and O–H groups in total. The van der Waals surface area contributed by atoms with Crippen LogP contribution in [0.3, 0.4) is 0 Å². The van der Waals surface area contributed by atoms with Gasteiger partial charge in [0, 0.05) is 25.1 Å². The van der Waals surface area contributed by atoms with Crippen LogP contribution in [0, 0.1) is 7.43 Å². The number of halogens is 6. The molecule has 0 atom stereocenters. The third-order valence-electron chi connectivity index (χ3n) is 8.58. The first-order valence-corrected chi connectivity index (χ1v) is 16.7. The van der Waals surface area contributed by atoms with E-state index in [1.165, 1.54) is 35.1 Å². The Morgan fingerprint density at radius 2 is 1.28 bits per heavy atom. The summed E-state index contributed by atoms with van der Waals surface area (Å²) in [6, 6.07) is 24.4. The predicted molar refractivity (Wildman–Crippen MR) is 194 cm³/mol. The molecule has 0 bridgehead atoms. The summed E-state index contributed by atoms with van der Waals surface area (Å²) in [5.41, 5.74) is -1.88. The van der Waals surface area contributed by atoms with E-state index in [2.05, 4.69) is 30.9 Å². The van der Waals surface area contributed by atoms with E-state index < -0.39 is 46.6 Å². The minimum absolute atomic E-state index is 0. The van der Waals surface area contributed by atoms with Crippen molar-refractivity contribution in [2.45, 2.75) is 19.3 Å². The highest BCUT2D eigenvalue weighted by Crippen LogP contribution is 2.42. The Hall–Kier alpha value is -7.17. The molecular formula is C40H26F6N8O3. The number of aromatic nitrogens is 7. The molecule has 3 heterocycles. The Morgan fingerprint density at radius 3 is 1.89 bits per heavy atom. The molecule has 0 fully saturated rings. The summed E-state index contributed by atoms with van der Waals surface area (Å²) in [6.45, 7) is 1.97. The number of carbonyl (C=O) groups excluding carboxylic acids is 1. The molecule has 0 unspecified atom stereocenters. The number of carboxylic acid groups (broad SMARTS) is 1. The molecule has 7 rings (SSSR count). The summed E-state index contributed by atoms with van der Waals surface area (Å²) in [5.74, 6) is -2.30. The summed E-state index contributed by atoms with van der Waals surface area (Å²) < 4.78 is 86.4. The minimum Gasteiger partial charge on any atom is -0.478 e. The van der Waals surface area contributed by atoms with Crippen molar-refractivity contribution in [3.8, 4) is 56.4 Å². The van der Waals surface area contributed by atoms with Gasteiger partial charge in [-0.1, -0.05) is 71.1 Å². The molecule has 11 nitrogen and oxygen atoms in total. The summed E-state index contributed by atoms with van der Waals surface area (Å²) in [4.78, 5) is 29.7. The largest absolute Gasteiger partial charge is 0.478 e. The molecule has 17 heteroatoms. The van der Waals surface area contributed by atoms with Gasteiger partial charge in [0.1, 0.15) is 11.4 Å². The highest BCUT2D eigenvalue weighted by molar-refractivity contribution is 5.96. The van der Waals surface area contributed by atoms with E-state index in [0.717, 1.165) is 29.1 Å². The van der Waals surface area contributed by atoms with Crippen LogP contribution >= 0.6 is 0 Å². The van der Waals surface area contributed by atoms with Gasteiger partial charge in [-0.25, -0.2) is 19.1 Å². The average molecular weight is 781 g/mol. The lowest BCUT2D eigenvalue weighted by Crippen LogP contribution is -2.22. The quantitative estimate of drug-likeness (QED) is 0.139. The van der Waals surface area contributed by atoms with Crippen LogP contribution in [-0.4, -0.2) is 58.5 Å². The number of hydrogen-bond acceptors (Lipinski definition) is 7. The lowest BCUT2D eigenvalue weighted by atomic mass is 9.95. The number of carboxylic acids is 1. The van der Waals surface area contributed by atoms with Crippen molar-refractivity contribution < 1.29 is 41.0 Å². The molecule has 286 valence electrons. The third-order valence-corrected chi connectivity index (χ3v) is 8.58. The molecular weight excluding hydrogens is 754 g/mol. The van der Waals surface area contributed by atoms with Crippen molar-refractivity contribution in [1.82, 2.24) is 40.3 Å². The number of rotatable bonds is 9.